The highest BCUT2D eigenvalue weighted by molar-refractivity contribution is 6.30. The number of nitrogens with one attached hydrogen (secondary N) is 2. The minimum absolute atomic E-state index is 0.225. The monoisotopic (exact) mass is 332 g/mol. The zero-order valence-electron chi connectivity index (χ0n) is 11.7. The van der Waals surface area contributed by atoms with Crippen molar-refractivity contribution in [2.24, 2.45) is 0 Å². The van der Waals surface area contributed by atoms with Crippen LogP contribution in [0.2, 0.25) is 0 Å². The molecule has 0 fully saturated rings. The van der Waals surface area contributed by atoms with Crippen molar-refractivity contribution in [1.29, 1.82) is 0 Å². The lowest BCUT2D eigenvalue weighted by Crippen LogP contribution is -2.48. The second-order valence-electron chi connectivity index (χ2n) is 4.28. The van der Waals surface area contributed by atoms with Crippen molar-refractivity contribution in [2.45, 2.75) is 0 Å². The summed E-state index contributed by atoms with van der Waals surface area (Å²) in [4.78, 5) is 76.9. The molecule has 1 aromatic rings. The van der Waals surface area contributed by atoms with Crippen molar-refractivity contribution in [3.05, 3.63) is 57.1 Å². The fourth-order valence-electron chi connectivity index (χ4n) is 1.64. The molecule has 11 nitrogen and oxygen atoms in total. The number of imide groups is 6. The summed E-state index contributed by atoms with van der Waals surface area (Å²) in [5.74, 6) is -3.49. The number of H-pyrrole nitrogens is 2. The predicted octanol–water partition coefficient (Wildman–Crippen LogP) is -1.98. The Kier molecular flexibility index (Phi) is 4.45. The third-order valence-corrected chi connectivity index (χ3v) is 2.70. The average molecular weight is 332 g/mol. The van der Waals surface area contributed by atoms with Crippen molar-refractivity contribution in [1.82, 2.24) is 20.0 Å². The summed E-state index contributed by atoms with van der Waals surface area (Å²) >= 11 is 0. The fourth-order valence-corrected chi connectivity index (χ4v) is 1.64. The van der Waals surface area contributed by atoms with Crippen molar-refractivity contribution in [3.63, 3.8) is 0 Å². The van der Waals surface area contributed by atoms with E-state index in [2.05, 4.69) is 10.2 Å². The topological polar surface area (TPSA) is 158 Å². The fraction of sp³-hybridized carbons (Fsp3) is 0. The van der Waals surface area contributed by atoms with Crippen molar-refractivity contribution in [3.8, 4) is 0 Å². The highest BCUT2D eigenvalue weighted by Crippen LogP contribution is 2.12. The van der Waals surface area contributed by atoms with E-state index in [-0.39, 0.29) is 20.9 Å². The van der Waals surface area contributed by atoms with Crippen LogP contribution in [0.25, 0.3) is 0 Å². The third kappa shape index (κ3) is 3.30. The lowest BCUT2D eigenvalue weighted by Gasteiger charge is -2.17. The van der Waals surface area contributed by atoms with Gasteiger partial charge in [0.05, 0.1) is 0 Å². The summed E-state index contributed by atoms with van der Waals surface area (Å²) in [6.45, 7) is 0. The molecule has 0 saturated heterocycles. The van der Waals surface area contributed by atoms with Crippen molar-refractivity contribution in [2.75, 3.05) is 0 Å². The molecule has 6 amide bonds. The summed E-state index contributed by atoms with van der Waals surface area (Å²) in [6, 6.07) is 1.08. The molecule has 3 rings (SSSR count). The van der Waals surface area contributed by atoms with E-state index in [0.29, 0.717) is 0 Å². The van der Waals surface area contributed by atoms with Crippen LogP contribution in [0.5, 0.6) is 0 Å². The standard InChI is InChI=1S/C9H4N2O5.C4H4N2O2/c12-5-1-2-6(13)10(5)9(16)11-7(14)3-4-8(11)15;7-3-1-2-4(8)6-5-3/h1-4H;1-2H,(H,5,7)(H,6,8). The molecular formula is C13H8N4O7. The van der Waals surface area contributed by atoms with Gasteiger partial charge in [-0.05, 0) is 0 Å². The van der Waals surface area contributed by atoms with Gasteiger partial charge in [0, 0.05) is 36.4 Å². The van der Waals surface area contributed by atoms with Gasteiger partial charge in [-0.15, -0.1) is 0 Å². The van der Waals surface area contributed by atoms with Gasteiger partial charge in [-0.2, -0.15) is 9.80 Å². The molecule has 0 saturated carbocycles. The zero-order valence-corrected chi connectivity index (χ0v) is 11.7. The molecule has 0 aliphatic carbocycles. The van der Waals surface area contributed by atoms with Gasteiger partial charge >= 0.3 is 6.03 Å². The van der Waals surface area contributed by atoms with Gasteiger partial charge in [-0.1, -0.05) is 0 Å². The molecule has 0 atom stereocenters. The summed E-state index contributed by atoms with van der Waals surface area (Å²) in [5.41, 5.74) is -0.603. The van der Waals surface area contributed by atoms with E-state index in [1.54, 1.807) is 0 Å². The van der Waals surface area contributed by atoms with Crippen LogP contribution in [0.1, 0.15) is 0 Å². The molecular weight excluding hydrogens is 324 g/mol. The first-order valence-electron chi connectivity index (χ1n) is 6.25. The first-order valence-corrected chi connectivity index (χ1v) is 6.25. The van der Waals surface area contributed by atoms with E-state index in [1.165, 1.54) is 12.1 Å². The Morgan fingerprint density at radius 3 is 1.17 bits per heavy atom. The number of nitrogens with zero attached hydrogens (tertiary/aromatic N) is 2. The number of amides is 6. The number of hydrogen-bond donors (Lipinski definition) is 2. The highest BCUT2D eigenvalue weighted by Gasteiger charge is 2.40. The largest absolute Gasteiger partial charge is 0.348 e. The molecule has 1 aromatic heterocycles. The van der Waals surface area contributed by atoms with Gasteiger partial charge in [0.15, 0.2) is 0 Å². The predicted molar refractivity (Wildman–Crippen MR) is 75.1 cm³/mol. The lowest BCUT2D eigenvalue weighted by atomic mass is 10.5. The number of carbonyl (C=O) groups excluding carboxylic acids is 5. The highest BCUT2D eigenvalue weighted by atomic mass is 16.2. The van der Waals surface area contributed by atoms with Crippen LogP contribution in [-0.4, -0.2) is 49.7 Å². The van der Waals surface area contributed by atoms with Crippen LogP contribution in [0.15, 0.2) is 46.0 Å². The number of urea groups is 1. The molecule has 0 aromatic carbocycles. The smallest absolute Gasteiger partial charge is 0.269 e. The van der Waals surface area contributed by atoms with E-state index in [9.17, 15) is 33.6 Å². The summed E-state index contributed by atoms with van der Waals surface area (Å²) in [6.07, 6.45) is 3.55. The van der Waals surface area contributed by atoms with Crippen LogP contribution in [0.3, 0.4) is 0 Å². The molecule has 3 heterocycles. The maximum atomic E-state index is 11.6. The number of hydrogen-bond acceptors (Lipinski definition) is 7. The van der Waals surface area contributed by atoms with Crippen LogP contribution in [-0.2, 0) is 19.2 Å². The maximum Gasteiger partial charge on any atom is 0.348 e. The summed E-state index contributed by atoms with van der Waals surface area (Å²) in [7, 11) is 0. The van der Waals surface area contributed by atoms with Crippen LogP contribution < -0.4 is 11.1 Å². The Morgan fingerprint density at radius 1 is 0.625 bits per heavy atom. The van der Waals surface area contributed by atoms with Gasteiger partial charge in [0.25, 0.3) is 34.7 Å². The first-order chi connectivity index (χ1) is 11.3. The van der Waals surface area contributed by atoms with Gasteiger partial charge < -0.3 is 0 Å². The van der Waals surface area contributed by atoms with E-state index >= 15 is 0 Å². The molecule has 0 bridgehead atoms. The van der Waals surface area contributed by atoms with Crippen LogP contribution >= 0.6 is 0 Å². The molecule has 2 N–H and O–H groups in total. The molecule has 0 unspecified atom stereocenters. The molecule has 24 heavy (non-hydrogen) atoms. The normalized spacial score (nSPS) is 15.8. The Balaban J connectivity index is 0.000000219. The Morgan fingerprint density at radius 2 is 0.917 bits per heavy atom. The lowest BCUT2D eigenvalue weighted by molar-refractivity contribution is -0.136. The average Bonchev–Trinajstić information content (AvgIpc) is 3.04. The third-order valence-electron chi connectivity index (χ3n) is 2.70. The maximum absolute atomic E-state index is 11.6. The van der Waals surface area contributed by atoms with Crippen molar-refractivity contribution >= 4 is 29.7 Å². The van der Waals surface area contributed by atoms with Gasteiger partial charge in [-0.25, -0.2) is 4.79 Å². The summed E-state index contributed by atoms with van der Waals surface area (Å²) < 4.78 is 0. The second kappa shape index (κ2) is 6.48. The van der Waals surface area contributed by atoms with Crippen LogP contribution in [0, 0.1) is 0 Å². The zero-order chi connectivity index (χ0) is 17.9. The van der Waals surface area contributed by atoms with E-state index in [0.717, 1.165) is 24.3 Å². The molecule has 0 spiro atoms. The number of carbonyl (C=O) groups is 5. The minimum Gasteiger partial charge on any atom is -0.269 e. The molecule has 122 valence electrons. The number of rotatable bonds is 0. The molecule has 0 radical (unpaired) electrons. The van der Waals surface area contributed by atoms with Gasteiger partial charge in [-0.3, -0.25) is 39.0 Å². The van der Waals surface area contributed by atoms with E-state index < -0.39 is 29.7 Å². The van der Waals surface area contributed by atoms with Crippen molar-refractivity contribution < 1.29 is 24.0 Å². The Labute approximate surface area is 131 Å². The van der Waals surface area contributed by atoms with Gasteiger partial charge in [0.2, 0.25) is 0 Å². The SMILES string of the molecule is O=C1C=CC(=O)N1C(=O)N1C(=O)C=CC1=O.O=c1ccc(=O)[nH][nH]1. The van der Waals surface area contributed by atoms with Gasteiger partial charge in [0.1, 0.15) is 0 Å². The number of aromatic nitrogens is 2. The van der Waals surface area contributed by atoms with E-state index in [1.807, 2.05) is 0 Å². The minimum atomic E-state index is -1.25. The Hall–Kier alpha value is -3.89. The quantitative estimate of drug-likeness (QED) is 0.521. The number of aromatic amines is 2. The molecule has 2 aliphatic rings. The Bertz CT molecular complexity index is 788. The first kappa shape index (κ1) is 16.5. The van der Waals surface area contributed by atoms with Crippen LogP contribution in [0.4, 0.5) is 4.79 Å². The van der Waals surface area contributed by atoms with E-state index in [4.69, 9.17) is 0 Å². The summed E-state index contributed by atoms with van der Waals surface area (Å²) in [5, 5.41) is 4.21. The molecule has 11 heteroatoms. The second-order valence-corrected chi connectivity index (χ2v) is 4.28. The molecule has 2 aliphatic heterocycles.